The van der Waals surface area contributed by atoms with Crippen molar-refractivity contribution in [2.75, 3.05) is 6.61 Å². The summed E-state index contributed by atoms with van der Waals surface area (Å²) in [5, 5.41) is 3.69. The molecule has 3 unspecified atom stereocenters. The summed E-state index contributed by atoms with van der Waals surface area (Å²) in [4.78, 5) is 0. The molecule has 2 aromatic rings. The van der Waals surface area contributed by atoms with Gasteiger partial charge in [-0.05, 0) is 24.5 Å². The van der Waals surface area contributed by atoms with Crippen LogP contribution in [0.2, 0.25) is 0 Å². The maximum Gasteiger partial charge on any atom is 0.0975 e. The number of morpholine rings is 1. The Morgan fingerprint density at radius 2 is 1.65 bits per heavy atom. The van der Waals surface area contributed by atoms with Gasteiger partial charge in [0.2, 0.25) is 0 Å². The monoisotopic (exact) mass is 267 g/mol. The van der Waals surface area contributed by atoms with Crippen LogP contribution in [0.4, 0.5) is 0 Å². The van der Waals surface area contributed by atoms with E-state index in [0.29, 0.717) is 12.1 Å². The SMILES string of the molecule is CC1NC(Cc2ccccc2)COC1c1ccccc1. The first kappa shape index (κ1) is 13.3. The lowest BCUT2D eigenvalue weighted by Crippen LogP contribution is -2.49. The van der Waals surface area contributed by atoms with Gasteiger partial charge in [0.1, 0.15) is 0 Å². The number of hydrogen-bond acceptors (Lipinski definition) is 2. The van der Waals surface area contributed by atoms with E-state index in [2.05, 4.69) is 66.8 Å². The minimum Gasteiger partial charge on any atom is -0.370 e. The van der Waals surface area contributed by atoms with Crippen LogP contribution in [0.5, 0.6) is 0 Å². The lowest BCUT2D eigenvalue weighted by Gasteiger charge is -2.36. The van der Waals surface area contributed by atoms with Gasteiger partial charge in [0, 0.05) is 12.1 Å². The van der Waals surface area contributed by atoms with Gasteiger partial charge in [-0.2, -0.15) is 0 Å². The van der Waals surface area contributed by atoms with E-state index in [1.807, 2.05) is 6.07 Å². The molecule has 104 valence electrons. The van der Waals surface area contributed by atoms with E-state index >= 15 is 0 Å². The molecule has 20 heavy (non-hydrogen) atoms. The molecule has 2 aromatic carbocycles. The fourth-order valence-corrected chi connectivity index (χ4v) is 2.92. The van der Waals surface area contributed by atoms with Gasteiger partial charge < -0.3 is 10.1 Å². The summed E-state index contributed by atoms with van der Waals surface area (Å²) in [6.07, 6.45) is 1.18. The Morgan fingerprint density at radius 3 is 2.30 bits per heavy atom. The van der Waals surface area contributed by atoms with E-state index in [9.17, 15) is 0 Å². The molecule has 0 spiro atoms. The molecule has 2 heteroatoms. The zero-order chi connectivity index (χ0) is 13.8. The van der Waals surface area contributed by atoms with Crippen LogP contribution >= 0.6 is 0 Å². The molecule has 0 aromatic heterocycles. The fraction of sp³-hybridized carbons (Fsp3) is 0.333. The Balaban J connectivity index is 1.62. The minimum absolute atomic E-state index is 0.156. The van der Waals surface area contributed by atoms with Crippen LogP contribution in [-0.2, 0) is 11.2 Å². The number of hydrogen-bond donors (Lipinski definition) is 1. The van der Waals surface area contributed by atoms with Crippen molar-refractivity contribution in [2.24, 2.45) is 0 Å². The second kappa shape index (κ2) is 6.21. The van der Waals surface area contributed by atoms with Gasteiger partial charge in [-0.15, -0.1) is 0 Å². The van der Waals surface area contributed by atoms with E-state index in [1.165, 1.54) is 11.1 Å². The Bertz CT molecular complexity index is 526. The van der Waals surface area contributed by atoms with Crippen molar-refractivity contribution in [3.05, 3.63) is 71.8 Å². The molecular weight excluding hydrogens is 246 g/mol. The molecule has 1 aliphatic heterocycles. The summed E-state index contributed by atoms with van der Waals surface area (Å²) in [7, 11) is 0. The predicted molar refractivity (Wildman–Crippen MR) is 81.7 cm³/mol. The molecule has 2 nitrogen and oxygen atoms in total. The Labute approximate surface area is 120 Å². The lowest BCUT2D eigenvalue weighted by atomic mass is 9.98. The summed E-state index contributed by atoms with van der Waals surface area (Å²) in [6.45, 7) is 2.97. The van der Waals surface area contributed by atoms with E-state index in [-0.39, 0.29) is 6.10 Å². The van der Waals surface area contributed by atoms with Crippen molar-refractivity contribution in [1.82, 2.24) is 5.32 Å². The van der Waals surface area contributed by atoms with Crippen LogP contribution in [0.1, 0.15) is 24.2 Å². The molecule has 1 fully saturated rings. The van der Waals surface area contributed by atoms with Gasteiger partial charge in [-0.25, -0.2) is 0 Å². The highest BCUT2D eigenvalue weighted by atomic mass is 16.5. The largest absolute Gasteiger partial charge is 0.370 e. The summed E-state index contributed by atoms with van der Waals surface area (Å²) in [5.41, 5.74) is 2.62. The quantitative estimate of drug-likeness (QED) is 0.921. The number of nitrogens with one attached hydrogen (secondary N) is 1. The van der Waals surface area contributed by atoms with Gasteiger partial charge in [0.15, 0.2) is 0 Å². The Kier molecular flexibility index (Phi) is 4.14. The van der Waals surface area contributed by atoms with Crippen LogP contribution in [0, 0.1) is 0 Å². The maximum atomic E-state index is 6.10. The molecule has 0 radical (unpaired) electrons. The molecule has 0 amide bonds. The van der Waals surface area contributed by atoms with Crippen LogP contribution in [0.15, 0.2) is 60.7 Å². The average molecular weight is 267 g/mol. The fourth-order valence-electron chi connectivity index (χ4n) is 2.92. The Hall–Kier alpha value is -1.64. The van der Waals surface area contributed by atoms with Crippen LogP contribution in [0.25, 0.3) is 0 Å². The summed E-state index contributed by atoms with van der Waals surface area (Å²) < 4.78 is 6.10. The topological polar surface area (TPSA) is 21.3 Å². The lowest BCUT2D eigenvalue weighted by molar-refractivity contribution is -0.0244. The van der Waals surface area contributed by atoms with E-state index in [0.717, 1.165) is 13.0 Å². The summed E-state index contributed by atoms with van der Waals surface area (Å²) in [5.74, 6) is 0. The highest BCUT2D eigenvalue weighted by molar-refractivity contribution is 5.20. The first-order valence-electron chi connectivity index (χ1n) is 7.29. The highest BCUT2D eigenvalue weighted by Gasteiger charge is 2.28. The normalized spacial score (nSPS) is 26.4. The minimum atomic E-state index is 0.156. The molecule has 0 saturated carbocycles. The second-order valence-electron chi connectivity index (χ2n) is 5.51. The number of ether oxygens (including phenoxy) is 1. The van der Waals surface area contributed by atoms with Crippen molar-refractivity contribution in [2.45, 2.75) is 31.5 Å². The molecule has 0 aliphatic carbocycles. The van der Waals surface area contributed by atoms with Crippen molar-refractivity contribution >= 4 is 0 Å². The average Bonchev–Trinajstić information content (AvgIpc) is 2.49. The molecule has 3 atom stereocenters. The van der Waals surface area contributed by atoms with E-state index in [4.69, 9.17) is 4.74 Å². The van der Waals surface area contributed by atoms with Crippen LogP contribution in [-0.4, -0.2) is 18.7 Å². The molecule has 1 aliphatic rings. The predicted octanol–water partition coefficient (Wildman–Crippen LogP) is 3.35. The zero-order valence-electron chi connectivity index (χ0n) is 11.8. The summed E-state index contributed by atoms with van der Waals surface area (Å²) >= 11 is 0. The van der Waals surface area contributed by atoms with Crippen LogP contribution < -0.4 is 5.32 Å². The van der Waals surface area contributed by atoms with Crippen molar-refractivity contribution in [3.63, 3.8) is 0 Å². The smallest absolute Gasteiger partial charge is 0.0975 e. The summed E-state index contributed by atoms with van der Waals surface area (Å²) in [6, 6.07) is 21.8. The molecule has 1 saturated heterocycles. The third-order valence-corrected chi connectivity index (χ3v) is 3.88. The highest BCUT2D eigenvalue weighted by Crippen LogP contribution is 2.25. The second-order valence-corrected chi connectivity index (χ2v) is 5.51. The number of benzene rings is 2. The molecular formula is C18H21NO. The van der Waals surface area contributed by atoms with Gasteiger partial charge >= 0.3 is 0 Å². The van der Waals surface area contributed by atoms with E-state index in [1.54, 1.807) is 0 Å². The van der Waals surface area contributed by atoms with Crippen LogP contribution in [0.3, 0.4) is 0 Å². The number of rotatable bonds is 3. The first-order valence-corrected chi connectivity index (χ1v) is 7.29. The van der Waals surface area contributed by atoms with Gasteiger partial charge in [-0.3, -0.25) is 0 Å². The standard InChI is InChI=1S/C18H21NO/c1-14-18(16-10-6-3-7-11-16)20-13-17(19-14)12-15-8-4-2-5-9-15/h2-11,14,17-19H,12-13H2,1H3. The first-order chi connectivity index (χ1) is 9.83. The van der Waals surface area contributed by atoms with Crippen molar-refractivity contribution in [1.29, 1.82) is 0 Å². The molecule has 1 N–H and O–H groups in total. The van der Waals surface area contributed by atoms with Gasteiger partial charge in [-0.1, -0.05) is 60.7 Å². The third-order valence-electron chi connectivity index (χ3n) is 3.88. The van der Waals surface area contributed by atoms with Crippen molar-refractivity contribution < 1.29 is 4.74 Å². The van der Waals surface area contributed by atoms with E-state index < -0.39 is 0 Å². The van der Waals surface area contributed by atoms with Gasteiger partial charge in [0.05, 0.1) is 12.7 Å². The molecule has 1 heterocycles. The van der Waals surface area contributed by atoms with Gasteiger partial charge in [0.25, 0.3) is 0 Å². The zero-order valence-corrected chi connectivity index (χ0v) is 11.8. The maximum absolute atomic E-state index is 6.10. The molecule has 0 bridgehead atoms. The Morgan fingerprint density at radius 1 is 1.00 bits per heavy atom. The third kappa shape index (κ3) is 3.09. The van der Waals surface area contributed by atoms with Crippen molar-refractivity contribution in [3.8, 4) is 0 Å². The molecule has 3 rings (SSSR count).